The molecule has 0 radical (unpaired) electrons. The molecule has 1 heterocycles. The second-order valence-electron chi connectivity index (χ2n) is 4.50. The van der Waals surface area contributed by atoms with Gasteiger partial charge in [0.1, 0.15) is 5.75 Å². The Bertz CT molecular complexity index is 564. The Morgan fingerprint density at radius 1 is 1.20 bits per heavy atom. The van der Waals surface area contributed by atoms with E-state index in [9.17, 15) is 0 Å². The van der Waals surface area contributed by atoms with Crippen molar-refractivity contribution in [1.29, 1.82) is 0 Å². The molecule has 5 heteroatoms. The molecular formula is C15H19BrN2O2. The molecular weight excluding hydrogens is 320 g/mol. The number of rotatable bonds is 6. The first-order valence-corrected chi connectivity index (χ1v) is 7.37. The molecule has 0 saturated carbocycles. The zero-order valence-corrected chi connectivity index (χ0v) is 13.6. The van der Waals surface area contributed by atoms with Crippen molar-refractivity contribution in [2.45, 2.75) is 33.6 Å². The van der Waals surface area contributed by atoms with Crippen molar-refractivity contribution in [2.24, 2.45) is 0 Å². The molecule has 0 N–H and O–H groups in total. The molecule has 2 aromatic rings. The van der Waals surface area contributed by atoms with Crippen LogP contribution in [0, 0.1) is 6.92 Å². The van der Waals surface area contributed by atoms with Crippen LogP contribution in [-0.4, -0.2) is 16.9 Å². The largest absolute Gasteiger partial charge is 0.497 e. The summed E-state index contributed by atoms with van der Waals surface area (Å²) in [6, 6.07) is 7.90. The van der Waals surface area contributed by atoms with Crippen LogP contribution in [0.2, 0.25) is 0 Å². The van der Waals surface area contributed by atoms with E-state index in [0.29, 0.717) is 13.2 Å². The van der Waals surface area contributed by atoms with Crippen molar-refractivity contribution in [2.75, 3.05) is 7.11 Å². The van der Waals surface area contributed by atoms with Gasteiger partial charge in [-0.3, -0.25) is 4.68 Å². The molecule has 20 heavy (non-hydrogen) atoms. The summed E-state index contributed by atoms with van der Waals surface area (Å²) in [6.07, 6.45) is 0. The van der Waals surface area contributed by atoms with Gasteiger partial charge in [-0.2, -0.15) is 5.10 Å². The van der Waals surface area contributed by atoms with Crippen LogP contribution < -0.4 is 4.74 Å². The summed E-state index contributed by atoms with van der Waals surface area (Å²) in [5.74, 6) is 0.858. The van der Waals surface area contributed by atoms with Crippen LogP contribution >= 0.6 is 15.9 Å². The Morgan fingerprint density at radius 2 is 1.90 bits per heavy atom. The quantitative estimate of drug-likeness (QED) is 0.805. The summed E-state index contributed by atoms with van der Waals surface area (Å²) >= 11 is 3.57. The van der Waals surface area contributed by atoms with E-state index < -0.39 is 0 Å². The molecule has 0 aliphatic carbocycles. The highest BCUT2D eigenvalue weighted by Gasteiger charge is 2.11. The number of hydrogen-bond donors (Lipinski definition) is 0. The van der Waals surface area contributed by atoms with E-state index >= 15 is 0 Å². The lowest BCUT2D eigenvalue weighted by molar-refractivity contribution is 0.101. The molecule has 0 spiro atoms. The number of aryl methyl sites for hydroxylation is 2. The molecule has 2 rings (SSSR count). The predicted molar refractivity (Wildman–Crippen MR) is 81.8 cm³/mol. The molecule has 108 valence electrons. The second-order valence-corrected chi connectivity index (χ2v) is 5.30. The fourth-order valence-corrected chi connectivity index (χ4v) is 2.39. The van der Waals surface area contributed by atoms with Crippen LogP contribution in [0.1, 0.15) is 23.9 Å². The monoisotopic (exact) mass is 338 g/mol. The van der Waals surface area contributed by atoms with Crippen LogP contribution in [-0.2, 0) is 24.5 Å². The first-order valence-electron chi connectivity index (χ1n) is 6.58. The SMILES string of the molecule is CCn1nc(C)c(Br)c1COCc1ccc(OC)cc1. The van der Waals surface area contributed by atoms with Crippen LogP contribution in [0.25, 0.3) is 0 Å². The number of halogens is 1. The third-order valence-electron chi connectivity index (χ3n) is 3.12. The summed E-state index contributed by atoms with van der Waals surface area (Å²) in [4.78, 5) is 0. The number of methoxy groups -OCH3 is 1. The Balaban J connectivity index is 1.95. The van der Waals surface area contributed by atoms with Crippen molar-refractivity contribution in [3.8, 4) is 5.75 Å². The van der Waals surface area contributed by atoms with Gasteiger partial charge in [-0.05, 0) is 47.5 Å². The third kappa shape index (κ3) is 3.41. The Morgan fingerprint density at radius 3 is 2.50 bits per heavy atom. The van der Waals surface area contributed by atoms with Crippen molar-refractivity contribution < 1.29 is 9.47 Å². The van der Waals surface area contributed by atoms with Gasteiger partial charge in [-0.1, -0.05) is 12.1 Å². The minimum atomic E-state index is 0.543. The topological polar surface area (TPSA) is 36.3 Å². The Kier molecular flexibility index (Phi) is 5.20. The molecule has 0 fully saturated rings. The maximum absolute atomic E-state index is 5.78. The van der Waals surface area contributed by atoms with Gasteiger partial charge in [-0.25, -0.2) is 0 Å². The number of aromatic nitrogens is 2. The summed E-state index contributed by atoms with van der Waals surface area (Å²) in [6.45, 7) is 6.02. The van der Waals surface area contributed by atoms with Gasteiger partial charge in [0.25, 0.3) is 0 Å². The van der Waals surface area contributed by atoms with Gasteiger partial charge in [0, 0.05) is 6.54 Å². The average molecular weight is 339 g/mol. The van der Waals surface area contributed by atoms with Crippen molar-refractivity contribution in [3.05, 3.63) is 45.7 Å². The maximum Gasteiger partial charge on any atom is 0.118 e. The highest BCUT2D eigenvalue weighted by molar-refractivity contribution is 9.10. The Hall–Kier alpha value is -1.33. The number of ether oxygens (including phenoxy) is 2. The van der Waals surface area contributed by atoms with Crippen molar-refractivity contribution in [3.63, 3.8) is 0 Å². The zero-order valence-electron chi connectivity index (χ0n) is 12.0. The summed E-state index contributed by atoms with van der Waals surface area (Å²) < 4.78 is 13.9. The number of hydrogen-bond acceptors (Lipinski definition) is 3. The van der Waals surface area contributed by atoms with Gasteiger partial charge >= 0.3 is 0 Å². The van der Waals surface area contributed by atoms with E-state index in [1.807, 2.05) is 35.9 Å². The van der Waals surface area contributed by atoms with Crippen molar-refractivity contribution >= 4 is 15.9 Å². The fourth-order valence-electron chi connectivity index (χ4n) is 1.99. The van der Waals surface area contributed by atoms with E-state index in [0.717, 1.165) is 33.7 Å². The van der Waals surface area contributed by atoms with Crippen molar-refractivity contribution in [1.82, 2.24) is 9.78 Å². The van der Waals surface area contributed by atoms with Crippen LogP contribution in [0.3, 0.4) is 0 Å². The molecule has 0 unspecified atom stereocenters. The maximum atomic E-state index is 5.78. The third-order valence-corrected chi connectivity index (χ3v) is 4.15. The first-order chi connectivity index (χ1) is 9.65. The Labute approximate surface area is 127 Å². The summed E-state index contributed by atoms with van der Waals surface area (Å²) in [5, 5.41) is 4.45. The molecule has 0 aliphatic rings. The standard InChI is InChI=1S/C15H19BrN2O2/c1-4-18-14(15(16)11(2)17-18)10-20-9-12-5-7-13(19-3)8-6-12/h5-8H,4,9-10H2,1-3H3. The zero-order chi connectivity index (χ0) is 14.5. The summed E-state index contributed by atoms with van der Waals surface area (Å²) in [5.41, 5.74) is 3.20. The first kappa shape index (κ1) is 15.1. The van der Waals surface area contributed by atoms with Gasteiger partial charge < -0.3 is 9.47 Å². The van der Waals surface area contributed by atoms with E-state index in [1.54, 1.807) is 7.11 Å². The average Bonchev–Trinajstić information content (AvgIpc) is 2.75. The summed E-state index contributed by atoms with van der Waals surface area (Å²) in [7, 11) is 1.66. The molecule has 0 bridgehead atoms. The minimum Gasteiger partial charge on any atom is -0.497 e. The lowest BCUT2D eigenvalue weighted by Crippen LogP contribution is -2.05. The van der Waals surface area contributed by atoms with Gasteiger partial charge in [0.05, 0.1) is 36.2 Å². The number of nitrogens with zero attached hydrogens (tertiary/aromatic N) is 2. The molecule has 0 aliphatic heterocycles. The van der Waals surface area contributed by atoms with Crippen LogP contribution in [0.5, 0.6) is 5.75 Å². The van der Waals surface area contributed by atoms with Crippen LogP contribution in [0.4, 0.5) is 0 Å². The molecule has 0 amide bonds. The normalized spacial score (nSPS) is 10.8. The van der Waals surface area contributed by atoms with Crippen LogP contribution in [0.15, 0.2) is 28.7 Å². The highest BCUT2D eigenvalue weighted by Crippen LogP contribution is 2.22. The smallest absolute Gasteiger partial charge is 0.118 e. The highest BCUT2D eigenvalue weighted by atomic mass is 79.9. The minimum absolute atomic E-state index is 0.543. The molecule has 1 aromatic carbocycles. The van der Waals surface area contributed by atoms with Gasteiger partial charge in [-0.15, -0.1) is 0 Å². The molecule has 4 nitrogen and oxygen atoms in total. The lowest BCUT2D eigenvalue weighted by atomic mass is 10.2. The predicted octanol–water partition coefficient (Wildman–Crippen LogP) is 3.70. The second kappa shape index (κ2) is 6.90. The van der Waals surface area contributed by atoms with E-state index in [2.05, 4.69) is 28.0 Å². The number of benzene rings is 1. The molecule has 0 atom stereocenters. The van der Waals surface area contributed by atoms with E-state index in [1.165, 1.54) is 0 Å². The van der Waals surface area contributed by atoms with Gasteiger partial charge in [0.2, 0.25) is 0 Å². The van der Waals surface area contributed by atoms with Gasteiger partial charge in [0.15, 0.2) is 0 Å². The molecule has 1 aromatic heterocycles. The van der Waals surface area contributed by atoms with E-state index in [4.69, 9.17) is 9.47 Å². The van der Waals surface area contributed by atoms with E-state index in [-0.39, 0.29) is 0 Å². The fraction of sp³-hybridized carbons (Fsp3) is 0.400. The lowest BCUT2D eigenvalue weighted by Gasteiger charge is -2.08. The molecule has 0 saturated heterocycles.